The predicted octanol–water partition coefficient (Wildman–Crippen LogP) is 5.28. The van der Waals surface area contributed by atoms with Crippen molar-refractivity contribution in [2.45, 2.75) is 55.2 Å². The average molecular weight is 532 g/mol. The molecule has 0 unspecified atom stereocenters. The van der Waals surface area contributed by atoms with Gasteiger partial charge in [-0.25, -0.2) is 0 Å². The molecule has 11 heteroatoms. The van der Waals surface area contributed by atoms with Crippen LogP contribution in [0.3, 0.4) is 0 Å². The van der Waals surface area contributed by atoms with Crippen molar-refractivity contribution in [3.8, 4) is 0 Å². The summed E-state index contributed by atoms with van der Waals surface area (Å²) in [5.41, 5.74) is 11.0. The fourth-order valence-corrected chi connectivity index (χ4v) is 5.99. The molecule has 2 rings (SSSR count). The molecular weight excluding hydrogens is 502 g/mol. The largest absolute Gasteiger partial charge is 0.458 e. The molecule has 0 bridgehead atoms. The summed E-state index contributed by atoms with van der Waals surface area (Å²) in [6, 6.07) is 19.5. The topological polar surface area (TPSA) is 128 Å². The van der Waals surface area contributed by atoms with Crippen molar-refractivity contribution in [1.29, 1.82) is 0 Å². The van der Waals surface area contributed by atoms with Crippen LogP contribution in [-0.4, -0.2) is 47.3 Å². The number of thioether (sulfide) groups is 2. The second-order valence-corrected chi connectivity index (χ2v) is 10.2. The maximum Gasteiger partial charge on any atom is 0.303 e. The molecule has 9 nitrogen and oxygen atoms in total. The number of carbonyl (C=O) groups excluding carboxylic acids is 3. The molecule has 0 radical (unpaired) electrons. The minimum Gasteiger partial charge on any atom is -0.458 e. The highest BCUT2D eigenvalue weighted by Crippen LogP contribution is 2.36. The number of ether oxygens (including phenoxy) is 3. The Morgan fingerprint density at radius 2 is 1.22 bits per heavy atom. The van der Waals surface area contributed by atoms with Crippen LogP contribution in [0.25, 0.3) is 10.4 Å². The molecule has 0 aromatic heterocycles. The third kappa shape index (κ3) is 10.6. The van der Waals surface area contributed by atoms with Crippen LogP contribution < -0.4 is 0 Å². The van der Waals surface area contributed by atoms with E-state index in [4.69, 9.17) is 19.7 Å². The molecule has 0 heterocycles. The summed E-state index contributed by atoms with van der Waals surface area (Å²) in [7, 11) is 0. The van der Waals surface area contributed by atoms with E-state index in [0.717, 1.165) is 11.1 Å². The first-order valence-corrected chi connectivity index (χ1v) is 13.2. The van der Waals surface area contributed by atoms with Gasteiger partial charge in [-0.2, -0.15) is 0 Å². The van der Waals surface area contributed by atoms with Crippen LogP contribution in [0, 0.1) is 0 Å². The molecule has 0 saturated carbocycles. The van der Waals surface area contributed by atoms with E-state index in [1.165, 1.54) is 44.3 Å². The number of hydrogen-bond acceptors (Lipinski definition) is 9. The molecule has 0 aliphatic heterocycles. The molecule has 0 N–H and O–H groups in total. The molecule has 0 aliphatic carbocycles. The van der Waals surface area contributed by atoms with E-state index in [2.05, 4.69) is 10.0 Å². The molecule has 0 spiro atoms. The van der Waals surface area contributed by atoms with Crippen LogP contribution >= 0.6 is 23.5 Å². The molecule has 0 fully saturated rings. The molecule has 192 valence electrons. The van der Waals surface area contributed by atoms with Gasteiger partial charge in [0.1, 0.15) is 6.10 Å². The van der Waals surface area contributed by atoms with Gasteiger partial charge < -0.3 is 14.2 Å². The molecular formula is C25H29N3O6S2. The van der Waals surface area contributed by atoms with Crippen LogP contribution in [0.15, 0.2) is 65.8 Å². The first-order valence-electron chi connectivity index (χ1n) is 11.1. The minimum atomic E-state index is -1.20. The Labute approximate surface area is 218 Å². The second kappa shape index (κ2) is 15.8. The highest BCUT2D eigenvalue weighted by atomic mass is 32.2. The molecule has 0 aliphatic rings. The number of rotatable bonds is 14. The van der Waals surface area contributed by atoms with Gasteiger partial charge in [-0.3, -0.25) is 14.4 Å². The lowest BCUT2D eigenvalue weighted by Gasteiger charge is -2.35. The van der Waals surface area contributed by atoms with Crippen molar-refractivity contribution in [3.63, 3.8) is 0 Å². The van der Waals surface area contributed by atoms with Crippen molar-refractivity contribution < 1.29 is 28.6 Å². The van der Waals surface area contributed by atoms with Crippen molar-refractivity contribution in [2.75, 3.05) is 6.54 Å². The summed E-state index contributed by atoms with van der Waals surface area (Å²) >= 11 is 3.02. The lowest BCUT2D eigenvalue weighted by Crippen LogP contribution is -2.50. The summed E-state index contributed by atoms with van der Waals surface area (Å²) < 4.78 is 16.2. The van der Waals surface area contributed by atoms with Crippen LogP contribution in [0.4, 0.5) is 0 Å². The van der Waals surface area contributed by atoms with Gasteiger partial charge in [-0.1, -0.05) is 65.8 Å². The summed E-state index contributed by atoms with van der Waals surface area (Å²) in [5, 5.41) is 3.52. The van der Waals surface area contributed by atoms with Gasteiger partial charge in [0.05, 0.1) is 11.1 Å². The van der Waals surface area contributed by atoms with Gasteiger partial charge in [0.25, 0.3) is 0 Å². The highest BCUT2D eigenvalue weighted by Gasteiger charge is 2.42. The third-order valence-electron chi connectivity index (χ3n) is 4.72. The lowest BCUT2D eigenvalue weighted by molar-refractivity contribution is -0.180. The van der Waals surface area contributed by atoms with Crippen molar-refractivity contribution >= 4 is 41.4 Å². The fourth-order valence-electron chi connectivity index (χ4n) is 3.30. The molecule has 2 aromatic rings. The molecule has 36 heavy (non-hydrogen) atoms. The van der Waals surface area contributed by atoms with Crippen molar-refractivity contribution in [1.82, 2.24) is 0 Å². The maximum absolute atomic E-state index is 12.2. The Morgan fingerprint density at radius 1 is 0.778 bits per heavy atom. The highest BCUT2D eigenvalue weighted by molar-refractivity contribution is 8.16. The van der Waals surface area contributed by atoms with Gasteiger partial charge in [-0.05, 0) is 16.7 Å². The summed E-state index contributed by atoms with van der Waals surface area (Å²) in [5.74, 6) is -0.723. The zero-order valence-electron chi connectivity index (χ0n) is 20.3. The van der Waals surface area contributed by atoms with Crippen LogP contribution in [0.1, 0.15) is 31.9 Å². The maximum atomic E-state index is 12.2. The first-order chi connectivity index (χ1) is 17.3. The Morgan fingerprint density at radius 3 is 1.64 bits per heavy atom. The zero-order chi connectivity index (χ0) is 26.3. The van der Waals surface area contributed by atoms with E-state index >= 15 is 0 Å². The van der Waals surface area contributed by atoms with E-state index in [1.807, 2.05) is 60.7 Å². The Balaban J connectivity index is 2.44. The average Bonchev–Trinajstić information content (AvgIpc) is 2.85. The fraction of sp³-hybridized carbons (Fsp3) is 0.400. The van der Waals surface area contributed by atoms with E-state index in [-0.39, 0.29) is 6.54 Å². The monoisotopic (exact) mass is 531 g/mol. The Kier molecular flexibility index (Phi) is 12.7. The number of benzene rings is 2. The van der Waals surface area contributed by atoms with Crippen LogP contribution in [0.2, 0.25) is 0 Å². The van der Waals surface area contributed by atoms with Crippen molar-refractivity contribution in [3.05, 3.63) is 82.2 Å². The normalized spacial score (nSPS) is 13.1. The summed E-state index contributed by atoms with van der Waals surface area (Å²) in [4.78, 5) is 38.8. The van der Waals surface area contributed by atoms with Gasteiger partial charge in [0.2, 0.25) is 0 Å². The third-order valence-corrected chi connectivity index (χ3v) is 7.73. The lowest BCUT2D eigenvalue weighted by atomic mass is 10.1. The first kappa shape index (κ1) is 29.1. The second-order valence-electron chi connectivity index (χ2n) is 7.67. The van der Waals surface area contributed by atoms with E-state index in [1.54, 1.807) is 0 Å². The summed E-state index contributed by atoms with van der Waals surface area (Å²) in [6.45, 7) is 3.36. The van der Waals surface area contributed by atoms with Gasteiger partial charge in [-0.15, -0.1) is 23.5 Å². The van der Waals surface area contributed by atoms with Crippen molar-refractivity contribution in [2.24, 2.45) is 5.11 Å². The van der Waals surface area contributed by atoms with Crippen LogP contribution in [0.5, 0.6) is 0 Å². The van der Waals surface area contributed by atoms with E-state index in [9.17, 15) is 14.4 Å². The van der Waals surface area contributed by atoms with E-state index in [0.29, 0.717) is 11.5 Å². The number of hydrogen-bond donors (Lipinski definition) is 0. The Bertz CT molecular complexity index is 987. The minimum absolute atomic E-state index is 0.300. The summed E-state index contributed by atoms with van der Waals surface area (Å²) in [6.07, 6.45) is -3.35. The molecule has 3 atom stereocenters. The zero-order valence-corrected chi connectivity index (χ0v) is 21.9. The number of nitrogens with zero attached hydrogens (tertiary/aromatic N) is 3. The Hall–Kier alpha value is -3.14. The number of azide groups is 1. The van der Waals surface area contributed by atoms with E-state index < -0.39 is 40.8 Å². The number of carbonyl (C=O) groups is 3. The SMILES string of the molecule is CC(=O)O[C@H]([C@@H](CN=[N+]=[N-])OC(C)=O)[C@@H](OC(C)=O)C(SCc1ccccc1)SCc1ccccc1. The van der Waals surface area contributed by atoms with Crippen LogP contribution in [-0.2, 0) is 40.1 Å². The smallest absolute Gasteiger partial charge is 0.303 e. The molecule has 0 amide bonds. The van der Waals surface area contributed by atoms with Gasteiger partial charge in [0, 0.05) is 37.2 Å². The number of esters is 3. The predicted molar refractivity (Wildman–Crippen MR) is 140 cm³/mol. The van der Waals surface area contributed by atoms with Gasteiger partial charge in [0.15, 0.2) is 12.2 Å². The quantitative estimate of drug-likeness (QED) is 0.0804. The standard InChI is InChI=1S/C25H29N3O6S2/c1-17(29)32-22(14-27-28-26)23(33-18(2)30)24(34-19(3)31)25(35-15-20-10-6-4-7-11-20)36-16-21-12-8-5-9-13-21/h4-13,22-25H,14-16H2,1-3H3/t22-,23-,24-/m1/s1. The molecule has 0 saturated heterocycles. The molecule has 2 aromatic carbocycles. The van der Waals surface area contributed by atoms with Gasteiger partial charge >= 0.3 is 17.9 Å².